The summed E-state index contributed by atoms with van der Waals surface area (Å²) < 4.78 is 0. The summed E-state index contributed by atoms with van der Waals surface area (Å²) in [4.78, 5) is 76.1. The number of aromatic amines is 2. The third-order valence-electron chi connectivity index (χ3n) is 9.57. The van der Waals surface area contributed by atoms with Gasteiger partial charge in [-0.05, 0) is 74.5 Å². The van der Waals surface area contributed by atoms with Gasteiger partial charge in [-0.2, -0.15) is 0 Å². The Morgan fingerprint density at radius 2 is 1.26 bits per heavy atom. The molecular weight excluding hydrogens is 729 g/mol. The molecule has 0 atom stereocenters. The molecule has 4 aromatic heterocycles. The summed E-state index contributed by atoms with van der Waals surface area (Å²) in [5.41, 5.74) is 5.36. The van der Waals surface area contributed by atoms with Crippen molar-refractivity contribution in [1.29, 1.82) is 0 Å². The van der Waals surface area contributed by atoms with Crippen molar-refractivity contribution in [3.63, 3.8) is 0 Å². The van der Waals surface area contributed by atoms with Gasteiger partial charge in [0.15, 0.2) is 10.2 Å². The van der Waals surface area contributed by atoms with Gasteiger partial charge in [0, 0.05) is 53.1 Å². The van der Waals surface area contributed by atoms with E-state index in [-0.39, 0.29) is 21.8 Å². The Kier molecular flexibility index (Phi) is 9.51. The molecule has 54 heavy (non-hydrogen) atoms. The number of carboxylic acid groups (broad SMARTS) is 1. The highest BCUT2D eigenvalue weighted by molar-refractivity contribution is 8.14. The number of amides is 1. The number of anilines is 4. The molecule has 0 bridgehead atoms. The van der Waals surface area contributed by atoms with Crippen molar-refractivity contribution >= 4 is 90.7 Å². The van der Waals surface area contributed by atoms with Crippen LogP contribution in [0.2, 0.25) is 0 Å². The summed E-state index contributed by atoms with van der Waals surface area (Å²) in [7, 11) is 4.18. The zero-order chi connectivity index (χ0) is 37.5. The number of hydrogen-bond donors (Lipinski definition) is 5. The molecule has 9 rings (SSSR count). The molecule has 5 N–H and O–H groups in total. The van der Waals surface area contributed by atoms with Crippen LogP contribution in [0.4, 0.5) is 23.0 Å². The number of carbonyl (C=O) groups excluding carboxylic acids is 3. The third-order valence-corrected chi connectivity index (χ3v) is 11.5. The van der Waals surface area contributed by atoms with Crippen LogP contribution in [0.5, 0.6) is 0 Å². The first-order chi connectivity index (χ1) is 26.1. The van der Waals surface area contributed by atoms with E-state index in [9.17, 15) is 19.2 Å². The van der Waals surface area contributed by atoms with Crippen LogP contribution in [0.1, 0.15) is 44.9 Å². The minimum absolute atomic E-state index is 0.00593. The van der Waals surface area contributed by atoms with Crippen LogP contribution < -0.4 is 10.6 Å². The molecule has 1 fully saturated rings. The average molecular weight is 763 g/mol. The molecule has 1 amide bonds. The zero-order valence-electron chi connectivity index (χ0n) is 29.2. The molecular formula is C37H34N10O5S2. The van der Waals surface area contributed by atoms with E-state index < -0.39 is 5.97 Å². The maximum atomic E-state index is 13.1. The van der Waals surface area contributed by atoms with E-state index >= 15 is 0 Å². The van der Waals surface area contributed by atoms with Gasteiger partial charge in [0.25, 0.3) is 5.91 Å². The Morgan fingerprint density at radius 3 is 1.76 bits per heavy atom. The van der Waals surface area contributed by atoms with Crippen LogP contribution in [0, 0.1) is 0 Å². The van der Waals surface area contributed by atoms with E-state index in [4.69, 9.17) is 5.11 Å². The fraction of sp³-hybridized carbons (Fsp3) is 0.243. The number of likely N-dealkylation sites (tertiary alicyclic amines) is 1. The number of hydrogen-bond acceptors (Lipinski definition) is 13. The number of nitrogens with one attached hydrogen (secondary N) is 4. The molecule has 3 aliphatic heterocycles. The zero-order valence-corrected chi connectivity index (χ0v) is 30.8. The first-order valence-corrected chi connectivity index (χ1v) is 18.8. The second-order valence-corrected chi connectivity index (χ2v) is 15.5. The summed E-state index contributed by atoms with van der Waals surface area (Å²) in [6, 6.07) is 15.4. The van der Waals surface area contributed by atoms with Gasteiger partial charge in [0.1, 0.15) is 47.0 Å². The highest BCUT2D eigenvalue weighted by atomic mass is 32.2. The van der Waals surface area contributed by atoms with Crippen molar-refractivity contribution in [2.45, 2.75) is 41.5 Å². The lowest BCUT2D eigenvalue weighted by atomic mass is 10.0. The van der Waals surface area contributed by atoms with Crippen LogP contribution in [-0.2, 0) is 22.4 Å². The number of rotatable bonds is 7. The Bertz CT molecular complexity index is 2470. The molecule has 17 heteroatoms. The number of benzene rings is 2. The summed E-state index contributed by atoms with van der Waals surface area (Å²) in [6.45, 7) is 1.50. The number of piperidine rings is 1. The topological polar surface area (TPSA) is 202 Å². The Hall–Kier alpha value is -5.78. The molecule has 0 saturated carbocycles. The summed E-state index contributed by atoms with van der Waals surface area (Å²) in [5, 5.41) is 17.2. The largest absolute Gasteiger partial charge is 0.477 e. The highest BCUT2D eigenvalue weighted by Crippen LogP contribution is 2.37. The number of aromatic nitrogens is 6. The number of carboxylic acids is 1. The Balaban J connectivity index is 0.000000160. The van der Waals surface area contributed by atoms with E-state index in [0.29, 0.717) is 52.9 Å². The third kappa shape index (κ3) is 7.24. The molecule has 7 heterocycles. The highest BCUT2D eigenvalue weighted by Gasteiger charge is 2.26. The molecule has 6 aromatic rings. The molecule has 0 spiro atoms. The van der Waals surface area contributed by atoms with Gasteiger partial charge in [-0.15, -0.1) is 0 Å². The van der Waals surface area contributed by atoms with Crippen molar-refractivity contribution in [3.05, 3.63) is 83.7 Å². The predicted octanol–water partition coefficient (Wildman–Crippen LogP) is 5.62. The first kappa shape index (κ1) is 35.3. The van der Waals surface area contributed by atoms with Crippen molar-refractivity contribution in [2.75, 3.05) is 37.8 Å². The lowest BCUT2D eigenvalue weighted by Gasteiger charge is -2.35. The van der Waals surface area contributed by atoms with Crippen molar-refractivity contribution in [2.24, 2.45) is 0 Å². The molecule has 2 aromatic carbocycles. The number of H-pyrrole nitrogens is 2. The number of thioether (sulfide) groups is 2. The van der Waals surface area contributed by atoms with Crippen LogP contribution in [-0.4, -0.2) is 100 Å². The maximum Gasteiger partial charge on any atom is 0.352 e. The molecule has 274 valence electrons. The van der Waals surface area contributed by atoms with Crippen molar-refractivity contribution in [1.82, 2.24) is 39.7 Å². The fourth-order valence-electron chi connectivity index (χ4n) is 6.71. The van der Waals surface area contributed by atoms with Gasteiger partial charge < -0.3 is 35.5 Å². The average Bonchev–Trinajstić information content (AvgIpc) is 3.95. The minimum Gasteiger partial charge on any atom is -0.477 e. The van der Waals surface area contributed by atoms with E-state index in [1.165, 1.54) is 42.2 Å². The predicted molar refractivity (Wildman–Crippen MR) is 206 cm³/mol. The van der Waals surface area contributed by atoms with E-state index in [2.05, 4.69) is 59.5 Å². The monoisotopic (exact) mass is 762 g/mol. The lowest BCUT2D eigenvalue weighted by Crippen LogP contribution is -2.44. The lowest BCUT2D eigenvalue weighted by molar-refractivity contribution is -0.110. The van der Waals surface area contributed by atoms with Gasteiger partial charge in [-0.1, -0.05) is 35.7 Å². The van der Waals surface area contributed by atoms with Gasteiger partial charge in [0.05, 0.1) is 10.8 Å². The fourth-order valence-corrected chi connectivity index (χ4v) is 8.57. The SMILES string of the molecule is CN(C)C1CCN(C(=O)c2cc3c(Nc4ccc5c(c4)SC(=O)C5)ncnc3[nH]2)CC1.O=C1Cc2ccc(Nc3ncnc4[nH]c(C(=O)O)cc34)cc2S1. The second kappa shape index (κ2) is 14.6. The normalized spacial score (nSPS) is 15.4. The van der Waals surface area contributed by atoms with Gasteiger partial charge >= 0.3 is 5.97 Å². The van der Waals surface area contributed by atoms with E-state index in [1.807, 2.05) is 47.4 Å². The summed E-state index contributed by atoms with van der Waals surface area (Å²) in [5.74, 6) is 0.0731. The smallest absolute Gasteiger partial charge is 0.352 e. The Labute approximate surface area is 316 Å². The minimum atomic E-state index is -1.05. The quantitative estimate of drug-likeness (QED) is 0.134. The second-order valence-electron chi connectivity index (χ2n) is 13.3. The standard InChI is InChI=1S/C22H24N6O2S.C15H10N4O3S/c1-27(2)15-5-7-28(8-6-15)22(30)17-11-16-20(23-12-24-21(16)26-17)25-14-4-3-13-9-19(29)31-18(13)10-14;20-12-3-7-1-2-8(4-11(7)23-12)18-13-9-5-10(15(21)22)19-14(9)17-6-16-13/h3-4,10-12,15H,5-9H2,1-2H3,(H2,23,24,25,26);1-2,4-6H,3H2,(H,21,22)(H2,16,17,18,19). The number of nitrogens with zero attached hydrogens (tertiary/aromatic N) is 6. The molecule has 1 saturated heterocycles. The summed E-state index contributed by atoms with van der Waals surface area (Å²) in [6.07, 6.45) is 5.72. The molecule has 3 aliphatic rings. The van der Waals surface area contributed by atoms with Crippen LogP contribution >= 0.6 is 23.5 Å². The first-order valence-electron chi connectivity index (χ1n) is 17.2. The van der Waals surface area contributed by atoms with Gasteiger partial charge in [0.2, 0.25) is 0 Å². The van der Waals surface area contributed by atoms with Crippen LogP contribution in [0.3, 0.4) is 0 Å². The van der Waals surface area contributed by atoms with Gasteiger partial charge in [-0.25, -0.2) is 24.7 Å². The number of aromatic carboxylic acids is 1. The van der Waals surface area contributed by atoms with Crippen LogP contribution in [0.15, 0.2) is 71.0 Å². The van der Waals surface area contributed by atoms with Crippen molar-refractivity contribution in [3.8, 4) is 0 Å². The number of carbonyl (C=O) groups is 4. The molecule has 15 nitrogen and oxygen atoms in total. The Morgan fingerprint density at radius 1 is 0.759 bits per heavy atom. The van der Waals surface area contributed by atoms with Crippen LogP contribution in [0.25, 0.3) is 22.1 Å². The van der Waals surface area contributed by atoms with Crippen molar-refractivity contribution < 1.29 is 24.3 Å². The number of fused-ring (bicyclic) bond motifs is 4. The van der Waals surface area contributed by atoms with E-state index in [0.717, 1.165) is 63.6 Å². The van der Waals surface area contributed by atoms with Gasteiger partial charge in [-0.3, -0.25) is 14.4 Å². The summed E-state index contributed by atoms with van der Waals surface area (Å²) >= 11 is 2.51. The van der Waals surface area contributed by atoms with E-state index in [1.54, 1.807) is 0 Å². The molecule has 0 radical (unpaired) electrons. The molecule has 0 aliphatic carbocycles. The maximum absolute atomic E-state index is 13.1. The molecule has 0 unspecified atom stereocenters.